The molecular weight excluding hydrogens is 467 g/mol. The summed E-state index contributed by atoms with van der Waals surface area (Å²) in [6.07, 6.45) is -0.595. The Morgan fingerprint density at radius 3 is 2.22 bits per heavy atom. The fourth-order valence-electron chi connectivity index (χ4n) is 4.51. The maximum atomic E-state index is 12.9. The zero-order valence-corrected chi connectivity index (χ0v) is 19.3. The first kappa shape index (κ1) is 23.7. The number of alkyl halides is 3. The van der Waals surface area contributed by atoms with Gasteiger partial charge in [-0.15, -0.1) is 5.10 Å². The zero-order valence-electron chi connectivity index (χ0n) is 19.3. The molecule has 0 aliphatic carbocycles. The summed E-state index contributed by atoms with van der Waals surface area (Å²) < 4.78 is 40.1. The van der Waals surface area contributed by atoms with Crippen LogP contribution in [0.3, 0.4) is 0 Å². The van der Waals surface area contributed by atoms with Gasteiger partial charge in [0.15, 0.2) is 0 Å². The molecule has 36 heavy (non-hydrogen) atoms. The standard InChI is InChI=1S/C27H24F3N5O/c28-27(29,30)23-7-5-20(6-8-23)25-16-35(34-33-25)24-14-21(13-22(15-24)26(31)36)18-3-1-17(2-4-18)19-9-11-32-12-10-19/h1-8,13-16,19,32H,9-12H2,(H2,31,36). The van der Waals surface area contributed by atoms with Crippen molar-refractivity contribution in [2.45, 2.75) is 24.9 Å². The summed E-state index contributed by atoms with van der Waals surface area (Å²) in [5.41, 5.74) is 9.66. The second kappa shape index (κ2) is 9.58. The van der Waals surface area contributed by atoms with Crippen LogP contribution in [0.15, 0.2) is 72.9 Å². The first-order valence-corrected chi connectivity index (χ1v) is 11.6. The summed E-state index contributed by atoms with van der Waals surface area (Å²) in [4.78, 5) is 12.0. The molecule has 1 saturated heterocycles. The molecule has 3 N–H and O–H groups in total. The van der Waals surface area contributed by atoms with E-state index in [1.165, 1.54) is 22.4 Å². The summed E-state index contributed by atoms with van der Waals surface area (Å²) in [5, 5.41) is 11.6. The molecule has 0 spiro atoms. The average molecular weight is 492 g/mol. The van der Waals surface area contributed by atoms with E-state index in [4.69, 9.17) is 5.73 Å². The monoisotopic (exact) mass is 491 g/mol. The second-order valence-corrected chi connectivity index (χ2v) is 8.90. The highest BCUT2D eigenvalue weighted by Gasteiger charge is 2.30. The highest BCUT2D eigenvalue weighted by molar-refractivity contribution is 5.95. The number of hydrogen-bond acceptors (Lipinski definition) is 4. The van der Waals surface area contributed by atoms with E-state index in [-0.39, 0.29) is 0 Å². The number of nitrogens with zero attached hydrogens (tertiary/aromatic N) is 3. The summed E-state index contributed by atoms with van der Waals surface area (Å²) in [5.74, 6) is -0.0425. The molecule has 0 radical (unpaired) electrons. The zero-order chi connectivity index (χ0) is 25.3. The molecule has 5 rings (SSSR count). The Morgan fingerprint density at radius 2 is 1.58 bits per heavy atom. The van der Waals surface area contributed by atoms with Crippen molar-refractivity contribution >= 4 is 5.91 Å². The minimum Gasteiger partial charge on any atom is -0.366 e. The third kappa shape index (κ3) is 5.01. The van der Waals surface area contributed by atoms with Crippen molar-refractivity contribution < 1.29 is 18.0 Å². The number of amides is 1. The van der Waals surface area contributed by atoms with Gasteiger partial charge in [0.05, 0.1) is 17.4 Å². The molecule has 4 aromatic rings. The van der Waals surface area contributed by atoms with E-state index in [1.54, 1.807) is 18.3 Å². The van der Waals surface area contributed by atoms with Gasteiger partial charge in [0.2, 0.25) is 5.91 Å². The van der Waals surface area contributed by atoms with Crippen LogP contribution in [0.5, 0.6) is 0 Å². The molecule has 0 saturated carbocycles. The predicted molar refractivity (Wildman–Crippen MR) is 131 cm³/mol. The maximum Gasteiger partial charge on any atom is 0.416 e. The van der Waals surface area contributed by atoms with Gasteiger partial charge >= 0.3 is 6.18 Å². The van der Waals surface area contributed by atoms with Crippen molar-refractivity contribution in [2.75, 3.05) is 13.1 Å². The number of nitrogens with one attached hydrogen (secondary N) is 1. The van der Waals surface area contributed by atoms with Crippen molar-refractivity contribution in [3.63, 3.8) is 0 Å². The van der Waals surface area contributed by atoms with Crippen LogP contribution in [0.25, 0.3) is 28.1 Å². The molecule has 2 heterocycles. The van der Waals surface area contributed by atoms with Crippen molar-refractivity contribution in [2.24, 2.45) is 5.73 Å². The number of rotatable bonds is 5. The largest absolute Gasteiger partial charge is 0.416 e. The average Bonchev–Trinajstić information content (AvgIpc) is 3.39. The van der Waals surface area contributed by atoms with Gasteiger partial charge < -0.3 is 11.1 Å². The van der Waals surface area contributed by atoms with Crippen LogP contribution in [0.4, 0.5) is 13.2 Å². The summed E-state index contributed by atoms with van der Waals surface area (Å²) in [7, 11) is 0. The number of carbonyl (C=O) groups is 1. The lowest BCUT2D eigenvalue weighted by molar-refractivity contribution is -0.137. The number of hydrogen-bond donors (Lipinski definition) is 2. The number of benzene rings is 3. The summed E-state index contributed by atoms with van der Waals surface area (Å²) in [6, 6.07) is 18.3. The minimum absolute atomic E-state index is 0.316. The quantitative estimate of drug-likeness (QED) is 0.403. The van der Waals surface area contributed by atoms with Crippen LogP contribution in [0, 0.1) is 0 Å². The SMILES string of the molecule is NC(=O)c1cc(-c2ccc(C3CCNCC3)cc2)cc(-n2cc(-c3ccc(C(F)(F)F)cc3)nn2)c1. The number of halogens is 3. The smallest absolute Gasteiger partial charge is 0.366 e. The van der Waals surface area contributed by atoms with Gasteiger partial charge in [-0.2, -0.15) is 13.2 Å². The molecule has 1 aliphatic heterocycles. The van der Waals surface area contributed by atoms with Gasteiger partial charge in [-0.05, 0) is 78.9 Å². The molecule has 9 heteroatoms. The first-order chi connectivity index (χ1) is 17.3. The molecule has 1 amide bonds. The highest BCUT2D eigenvalue weighted by atomic mass is 19.4. The topological polar surface area (TPSA) is 85.8 Å². The van der Waals surface area contributed by atoms with Gasteiger partial charge in [-0.1, -0.05) is 41.6 Å². The van der Waals surface area contributed by atoms with E-state index < -0.39 is 17.6 Å². The molecule has 1 aromatic heterocycles. The van der Waals surface area contributed by atoms with Crippen LogP contribution >= 0.6 is 0 Å². The van der Waals surface area contributed by atoms with Crippen LogP contribution in [0.2, 0.25) is 0 Å². The lowest BCUT2D eigenvalue weighted by Gasteiger charge is -2.23. The van der Waals surface area contributed by atoms with E-state index in [1.807, 2.05) is 18.2 Å². The Balaban J connectivity index is 1.45. The summed E-state index contributed by atoms with van der Waals surface area (Å²) >= 11 is 0. The molecule has 0 atom stereocenters. The molecular formula is C27H24F3N5O. The van der Waals surface area contributed by atoms with E-state index in [2.05, 4.69) is 27.8 Å². The maximum absolute atomic E-state index is 12.9. The van der Waals surface area contributed by atoms with Gasteiger partial charge in [0.1, 0.15) is 5.69 Å². The molecule has 0 unspecified atom stereocenters. The molecule has 1 aliphatic rings. The van der Waals surface area contributed by atoms with E-state index in [0.29, 0.717) is 28.4 Å². The number of nitrogens with two attached hydrogens (primary N) is 1. The Kier molecular flexibility index (Phi) is 6.32. The third-order valence-corrected chi connectivity index (χ3v) is 6.52. The molecule has 3 aromatic carbocycles. The van der Waals surface area contributed by atoms with E-state index in [9.17, 15) is 18.0 Å². The lowest BCUT2D eigenvalue weighted by atomic mass is 9.89. The third-order valence-electron chi connectivity index (χ3n) is 6.52. The number of primary amides is 1. The second-order valence-electron chi connectivity index (χ2n) is 8.90. The van der Waals surface area contributed by atoms with Gasteiger partial charge in [-0.3, -0.25) is 4.79 Å². The molecule has 184 valence electrons. The minimum atomic E-state index is -4.41. The number of carbonyl (C=O) groups excluding carboxylic acids is 1. The van der Waals surface area contributed by atoms with E-state index >= 15 is 0 Å². The van der Waals surface area contributed by atoms with Crippen LogP contribution < -0.4 is 11.1 Å². The first-order valence-electron chi connectivity index (χ1n) is 11.6. The predicted octanol–water partition coefficient (Wildman–Crippen LogP) is 5.19. The van der Waals surface area contributed by atoms with Crippen molar-refractivity contribution in [1.82, 2.24) is 20.3 Å². The van der Waals surface area contributed by atoms with E-state index in [0.717, 1.165) is 49.2 Å². The fraction of sp³-hybridized carbons (Fsp3) is 0.222. The van der Waals surface area contributed by atoms with Crippen LogP contribution in [0.1, 0.15) is 40.2 Å². The molecule has 1 fully saturated rings. The van der Waals surface area contributed by atoms with Crippen molar-refractivity contribution in [1.29, 1.82) is 0 Å². The van der Waals surface area contributed by atoms with Gasteiger partial charge in [-0.25, -0.2) is 4.68 Å². The van der Waals surface area contributed by atoms with Crippen LogP contribution in [-0.4, -0.2) is 34.0 Å². The van der Waals surface area contributed by atoms with Crippen molar-refractivity contribution in [3.8, 4) is 28.1 Å². The summed E-state index contributed by atoms with van der Waals surface area (Å²) in [6.45, 7) is 2.03. The molecule has 0 bridgehead atoms. The van der Waals surface area contributed by atoms with Gasteiger partial charge in [0, 0.05) is 11.1 Å². The number of piperidine rings is 1. The highest BCUT2D eigenvalue weighted by Crippen LogP contribution is 2.32. The van der Waals surface area contributed by atoms with Crippen LogP contribution in [-0.2, 0) is 6.18 Å². The Bertz CT molecular complexity index is 1370. The van der Waals surface area contributed by atoms with Crippen molar-refractivity contribution in [3.05, 3.63) is 89.6 Å². The normalized spacial score (nSPS) is 14.6. The lowest BCUT2D eigenvalue weighted by Crippen LogP contribution is -2.26. The fourth-order valence-corrected chi connectivity index (χ4v) is 4.51. The number of aromatic nitrogens is 3. The van der Waals surface area contributed by atoms with Gasteiger partial charge in [0.25, 0.3) is 0 Å². The Labute approximate surface area is 205 Å². The Hall–Kier alpha value is -3.98. The Morgan fingerprint density at radius 1 is 0.917 bits per heavy atom. The molecule has 6 nitrogen and oxygen atoms in total.